The van der Waals surface area contributed by atoms with Gasteiger partial charge in [0.1, 0.15) is 35.9 Å². The van der Waals surface area contributed by atoms with Crippen LogP contribution in [0.25, 0.3) is 12.2 Å². The predicted molar refractivity (Wildman–Crippen MR) is 142 cm³/mol. The number of carbonyl (C=O) groups is 4. The summed E-state index contributed by atoms with van der Waals surface area (Å²) in [5.41, 5.74) is 1.10. The monoisotopic (exact) mass is 540 g/mol. The van der Waals surface area contributed by atoms with Gasteiger partial charge in [0.25, 0.3) is 0 Å². The van der Waals surface area contributed by atoms with Crippen molar-refractivity contribution in [1.82, 2.24) is 0 Å². The van der Waals surface area contributed by atoms with E-state index >= 15 is 0 Å². The third-order valence-electron chi connectivity index (χ3n) is 5.07. The molecule has 0 heterocycles. The summed E-state index contributed by atoms with van der Waals surface area (Å²) >= 11 is 0. The van der Waals surface area contributed by atoms with Gasteiger partial charge in [0, 0.05) is 14.2 Å². The third kappa shape index (κ3) is 10.9. The first kappa shape index (κ1) is 30.9. The van der Waals surface area contributed by atoms with Crippen LogP contribution in [-0.4, -0.2) is 70.9 Å². The van der Waals surface area contributed by atoms with Crippen molar-refractivity contribution >= 4 is 35.7 Å². The van der Waals surface area contributed by atoms with Crippen molar-refractivity contribution in [3.05, 3.63) is 70.8 Å². The first-order valence-electron chi connectivity index (χ1n) is 12.0. The lowest BCUT2D eigenvalue weighted by Crippen LogP contribution is -2.16. The molecule has 0 bridgehead atoms. The number of ketones is 2. The SMILES string of the molecule is COCCOC(=O)/C(=C\c1ccc(OCOc2ccc(/C=C(/C(C)=O)C(=O)OCCOC)cc2)cc1)C(C)=O. The highest BCUT2D eigenvalue weighted by atomic mass is 16.7. The van der Waals surface area contributed by atoms with Gasteiger partial charge in [-0.3, -0.25) is 9.59 Å². The number of rotatable bonds is 16. The predicted octanol–water partition coefficient (Wildman–Crippen LogP) is 3.43. The van der Waals surface area contributed by atoms with E-state index in [1.807, 2.05) is 0 Å². The van der Waals surface area contributed by atoms with E-state index in [0.29, 0.717) is 22.6 Å². The van der Waals surface area contributed by atoms with E-state index in [2.05, 4.69) is 0 Å². The minimum Gasteiger partial charge on any atom is -0.460 e. The van der Waals surface area contributed by atoms with Gasteiger partial charge in [-0.05, 0) is 61.4 Å². The Morgan fingerprint density at radius 2 is 0.949 bits per heavy atom. The second kappa shape index (κ2) is 16.5. The number of hydrogen-bond acceptors (Lipinski definition) is 10. The maximum absolute atomic E-state index is 12.1. The van der Waals surface area contributed by atoms with Crippen molar-refractivity contribution in [2.24, 2.45) is 0 Å². The number of benzene rings is 2. The molecule has 0 radical (unpaired) electrons. The van der Waals surface area contributed by atoms with Gasteiger partial charge in [-0.15, -0.1) is 0 Å². The second-order valence-corrected chi connectivity index (χ2v) is 8.03. The molecule has 10 heteroatoms. The van der Waals surface area contributed by atoms with Gasteiger partial charge in [-0.1, -0.05) is 24.3 Å². The number of esters is 2. The van der Waals surface area contributed by atoms with E-state index in [0.717, 1.165) is 0 Å². The number of Topliss-reactive ketones (excluding diaryl/α,β-unsaturated/α-hetero) is 2. The summed E-state index contributed by atoms with van der Waals surface area (Å²) in [4.78, 5) is 48.0. The van der Waals surface area contributed by atoms with Gasteiger partial charge in [0.05, 0.1) is 13.2 Å². The van der Waals surface area contributed by atoms with E-state index in [1.54, 1.807) is 48.5 Å². The van der Waals surface area contributed by atoms with Gasteiger partial charge in [-0.25, -0.2) is 9.59 Å². The lowest BCUT2D eigenvalue weighted by Gasteiger charge is -2.10. The highest BCUT2D eigenvalue weighted by Crippen LogP contribution is 2.18. The number of hydrogen-bond donors (Lipinski definition) is 0. The fourth-order valence-corrected chi connectivity index (χ4v) is 3.02. The molecule has 0 N–H and O–H groups in total. The average Bonchev–Trinajstić information content (AvgIpc) is 2.91. The fourth-order valence-electron chi connectivity index (χ4n) is 3.02. The summed E-state index contributed by atoms with van der Waals surface area (Å²) in [6.45, 7) is 3.08. The first-order chi connectivity index (χ1) is 18.7. The van der Waals surface area contributed by atoms with E-state index in [9.17, 15) is 19.2 Å². The van der Waals surface area contributed by atoms with Crippen LogP contribution in [0.15, 0.2) is 59.7 Å². The van der Waals surface area contributed by atoms with Crippen molar-refractivity contribution < 1.29 is 47.6 Å². The molecule has 0 saturated carbocycles. The Labute approximate surface area is 227 Å². The molecule has 0 saturated heterocycles. The Kier molecular flexibility index (Phi) is 13.1. The summed E-state index contributed by atoms with van der Waals surface area (Å²) in [7, 11) is 2.97. The van der Waals surface area contributed by atoms with Gasteiger partial charge in [-0.2, -0.15) is 0 Å². The summed E-state index contributed by atoms with van der Waals surface area (Å²) in [6.07, 6.45) is 2.90. The Morgan fingerprint density at radius 1 is 0.590 bits per heavy atom. The van der Waals surface area contributed by atoms with Gasteiger partial charge < -0.3 is 28.4 Å². The molecule has 0 aliphatic rings. The van der Waals surface area contributed by atoms with E-state index in [-0.39, 0.29) is 44.4 Å². The third-order valence-corrected chi connectivity index (χ3v) is 5.07. The fraction of sp³-hybridized carbons (Fsp3) is 0.310. The maximum Gasteiger partial charge on any atom is 0.341 e. The molecule has 0 spiro atoms. The average molecular weight is 541 g/mol. The van der Waals surface area contributed by atoms with Gasteiger partial charge in [0.15, 0.2) is 11.6 Å². The summed E-state index contributed by atoms with van der Waals surface area (Å²) in [5, 5.41) is 0. The maximum atomic E-state index is 12.1. The van der Waals surface area contributed by atoms with Crippen LogP contribution in [0.3, 0.4) is 0 Å². The van der Waals surface area contributed by atoms with Crippen molar-refractivity contribution in [3.63, 3.8) is 0 Å². The minimum atomic E-state index is -0.714. The zero-order valence-electron chi connectivity index (χ0n) is 22.4. The van der Waals surface area contributed by atoms with Crippen molar-refractivity contribution in [3.8, 4) is 11.5 Å². The molecule has 39 heavy (non-hydrogen) atoms. The molecular formula is C29H32O10. The molecule has 0 aliphatic carbocycles. The molecule has 208 valence electrons. The Balaban J connectivity index is 1.93. The summed E-state index contributed by atoms with van der Waals surface area (Å²) in [5.74, 6) is -1.23. The Morgan fingerprint density at radius 3 is 1.26 bits per heavy atom. The molecule has 2 aromatic rings. The quantitative estimate of drug-likeness (QED) is 0.0781. The smallest absolute Gasteiger partial charge is 0.341 e. The highest BCUT2D eigenvalue weighted by molar-refractivity contribution is 6.20. The van der Waals surface area contributed by atoms with Gasteiger partial charge >= 0.3 is 11.9 Å². The molecule has 0 aromatic heterocycles. The molecule has 2 rings (SSSR count). The van der Waals surface area contributed by atoms with Crippen LogP contribution in [0.1, 0.15) is 25.0 Å². The van der Waals surface area contributed by atoms with Crippen LogP contribution in [0.5, 0.6) is 11.5 Å². The molecule has 0 unspecified atom stereocenters. The van der Waals surface area contributed by atoms with Gasteiger partial charge in [0.2, 0.25) is 6.79 Å². The molecule has 0 aliphatic heterocycles. The lowest BCUT2D eigenvalue weighted by molar-refractivity contribution is -0.142. The Bertz CT molecular complexity index is 1080. The van der Waals surface area contributed by atoms with Crippen LogP contribution in [0.4, 0.5) is 0 Å². The van der Waals surface area contributed by atoms with Crippen molar-refractivity contribution in [2.75, 3.05) is 47.4 Å². The van der Waals surface area contributed by atoms with Crippen molar-refractivity contribution in [2.45, 2.75) is 13.8 Å². The molecule has 0 amide bonds. The van der Waals surface area contributed by atoms with Crippen LogP contribution in [0, 0.1) is 0 Å². The topological polar surface area (TPSA) is 124 Å². The number of carbonyl (C=O) groups excluding carboxylic acids is 4. The molecule has 0 fully saturated rings. The minimum absolute atomic E-state index is 0.0511. The zero-order chi connectivity index (χ0) is 28.6. The number of methoxy groups -OCH3 is 2. The lowest BCUT2D eigenvalue weighted by atomic mass is 10.1. The zero-order valence-corrected chi connectivity index (χ0v) is 22.4. The Hall–Kier alpha value is -4.28. The van der Waals surface area contributed by atoms with E-state index in [1.165, 1.54) is 40.2 Å². The number of ether oxygens (including phenoxy) is 6. The van der Waals surface area contributed by atoms with Crippen LogP contribution >= 0.6 is 0 Å². The first-order valence-corrected chi connectivity index (χ1v) is 12.0. The van der Waals surface area contributed by atoms with Crippen molar-refractivity contribution in [1.29, 1.82) is 0 Å². The molecular weight excluding hydrogens is 508 g/mol. The van der Waals surface area contributed by atoms with Crippen LogP contribution in [-0.2, 0) is 38.1 Å². The highest BCUT2D eigenvalue weighted by Gasteiger charge is 2.17. The summed E-state index contributed by atoms with van der Waals surface area (Å²) in [6, 6.07) is 13.4. The van der Waals surface area contributed by atoms with Crippen LogP contribution in [0.2, 0.25) is 0 Å². The molecule has 0 atom stereocenters. The van der Waals surface area contributed by atoms with E-state index in [4.69, 9.17) is 28.4 Å². The summed E-state index contributed by atoms with van der Waals surface area (Å²) < 4.78 is 30.9. The standard InChI is InChI=1S/C29H32O10/c1-20(30)26(28(32)36-15-13-34-3)17-22-5-9-24(10-6-22)38-19-39-25-11-7-23(8-12-25)18-27(21(2)31)29(33)37-16-14-35-4/h5-12,17-18H,13-16,19H2,1-4H3/b26-17-,27-18-. The largest absolute Gasteiger partial charge is 0.460 e. The molecule has 10 nitrogen and oxygen atoms in total. The van der Waals surface area contributed by atoms with E-state index < -0.39 is 23.5 Å². The van der Waals surface area contributed by atoms with Crippen LogP contribution < -0.4 is 9.47 Å². The second-order valence-electron chi connectivity index (χ2n) is 8.03. The molecule has 2 aromatic carbocycles. The normalized spacial score (nSPS) is 11.5.